The summed E-state index contributed by atoms with van der Waals surface area (Å²) in [6, 6.07) is 13.3. The molecule has 0 saturated carbocycles. The second kappa shape index (κ2) is 9.33. The van der Waals surface area contributed by atoms with E-state index in [0.29, 0.717) is 21.8 Å². The zero-order valence-electron chi connectivity index (χ0n) is 16.8. The molecule has 0 spiro atoms. The molecule has 3 aromatic rings. The van der Waals surface area contributed by atoms with Gasteiger partial charge < -0.3 is 14.6 Å². The van der Waals surface area contributed by atoms with E-state index in [1.54, 1.807) is 6.07 Å². The number of aromatic nitrogens is 3. The molecule has 1 aromatic heterocycles. The third-order valence-corrected chi connectivity index (χ3v) is 5.54. The molecule has 1 N–H and O–H groups in total. The number of thioether (sulfide) groups is 1. The Morgan fingerprint density at radius 2 is 1.90 bits per heavy atom. The number of rotatable bonds is 7. The number of amides is 1. The summed E-state index contributed by atoms with van der Waals surface area (Å²) >= 11 is 7.48. The van der Waals surface area contributed by atoms with Gasteiger partial charge in [-0.05, 0) is 56.2 Å². The molecule has 0 bridgehead atoms. The number of anilines is 1. The molecule has 0 aliphatic heterocycles. The summed E-state index contributed by atoms with van der Waals surface area (Å²) in [7, 11) is 1.85. The minimum Gasteiger partial charge on any atom is -0.481 e. The monoisotopic (exact) mass is 430 g/mol. The lowest BCUT2D eigenvalue weighted by Crippen LogP contribution is -2.15. The number of benzene rings is 2. The summed E-state index contributed by atoms with van der Waals surface area (Å²) in [6.45, 7) is 5.89. The van der Waals surface area contributed by atoms with Gasteiger partial charge in [0, 0.05) is 12.7 Å². The molecule has 0 aliphatic carbocycles. The second-order valence-corrected chi connectivity index (χ2v) is 8.15. The first-order chi connectivity index (χ1) is 13.8. The maximum Gasteiger partial charge on any atom is 0.234 e. The quantitative estimate of drug-likeness (QED) is 0.536. The molecule has 0 aliphatic rings. The van der Waals surface area contributed by atoms with Crippen molar-refractivity contribution in [3.63, 3.8) is 0 Å². The first-order valence-electron chi connectivity index (χ1n) is 9.15. The number of nitrogens with one attached hydrogen (secondary N) is 1. The van der Waals surface area contributed by atoms with Crippen LogP contribution in [0.15, 0.2) is 47.6 Å². The maximum atomic E-state index is 12.3. The molecule has 1 heterocycles. The van der Waals surface area contributed by atoms with Gasteiger partial charge in [0.2, 0.25) is 5.91 Å². The van der Waals surface area contributed by atoms with Crippen molar-refractivity contribution in [1.82, 2.24) is 14.8 Å². The summed E-state index contributed by atoms with van der Waals surface area (Å²) in [5.41, 5.74) is 3.02. The van der Waals surface area contributed by atoms with Gasteiger partial charge in [0.25, 0.3) is 0 Å². The number of halogens is 1. The largest absolute Gasteiger partial charge is 0.481 e. The van der Waals surface area contributed by atoms with E-state index in [1.807, 2.05) is 62.7 Å². The summed E-state index contributed by atoms with van der Waals surface area (Å²) < 4.78 is 7.74. The fourth-order valence-electron chi connectivity index (χ4n) is 2.96. The SMILES string of the molecule is Cc1cc(C)cc(NC(=O)CSc2nnc(C(C)Oc3ccccc3Cl)n2C)c1. The normalized spacial score (nSPS) is 11.9. The highest BCUT2D eigenvalue weighted by atomic mass is 35.5. The van der Waals surface area contributed by atoms with Gasteiger partial charge in [-0.15, -0.1) is 10.2 Å². The minimum atomic E-state index is -0.342. The Kier molecular flexibility index (Phi) is 6.82. The molecule has 1 atom stereocenters. The van der Waals surface area contributed by atoms with E-state index in [1.165, 1.54) is 11.8 Å². The fourth-order valence-corrected chi connectivity index (χ4v) is 3.86. The van der Waals surface area contributed by atoms with Gasteiger partial charge in [0.1, 0.15) is 5.75 Å². The van der Waals surface area contributed by atoms with Crippen molar-refractivity contribution in [1.29, 1.82) is 0 Å². The summed E-state index contributed by atoms with van der Waals surface area (Å²) in [5, 5.41) is 12.5. The third-order valence-electron chi connectivity index (χ3n) is 4.21. The molecule has 0 radical (unpaired) electrons. The summed E-state index contributed by atoms with van der Waals surface area (Å²) in [4.78, 5) is 12.3. The molecule has 152 valence electrons. The molecular formula is C21H23ClN4O2S. The Morgan fingerprint density at radius 1 is 1.21 bits per heavy atom. The van der Waals surface area contributed by atoms with Crippen LogP contribution >= 0.6 is 23.4 Å². The van der Waals surface area contributed by atoms with Crippen molar-refractivity contribution >= 4 is 35.0 Å². The predicted molar refractivity (Wildman–Crippen MR) is 117 cm³/mol. The average molecular weight is 431 g/mol. The highest BCUT2D eigenvalue weighted by molar-refractivity contribution is 7.99. The van der Waals surface area contributed by atoms with E-state index in [-0.39, 0.29) is 17.8 Å². The van der Waals surface area contributed by atoms with E-state index in [2.05, 4.69) is 21.6 Å². The first kappa shape index (κ1) is 21.2. The van der Waals surface area contributed by atoms with Gasteiger partial charge in [-0.3, -0.25) is 4.79 Å². The van der Waals surface area contributed by atoms with E-state index in [4.69, 9.17) is 16.3 Å². The van der Waals surface area contributed by atoms with Crippen molar-refractivity contribution in [3.8, 4) is 5.75 Å². The molecule has 6 nitrogen and oxygen atoms in total. The molecule has 29 heavy (non-hydrogen) atoms. The number of carbonyl (C=O) groups is 1. The Labute approximate surface area is 179 Å². The van der Waals surface area contributed by atoms with Crippen LogP contribution in [0.5, 0.6) is 5.75 Å². The van der Waals surface area contributed by atoms with Crippen LogP contribution in [0.25, 0.3) is 0 Å². The number of aryl methyl sites for hydroxylation is 2. The molecule has 3 rings (SSSR count). The van der Waals surface area contributed by atoms with E-state index in [0.717, 1.165) is 16.8 Å². The third kappa shape index (κ3) is 5.52. The van der Waals surface area contributed by atoms with Gasteiger partial charge in [-0.25, -0.2) is 0 Å². The Hall–Kier alpha value is -2.51. The minimum absolute atomic E-state index is 0.0927. The zero-order valence-corrected chi connectivity index (χ0v) is 18.3. The van der Waals surface area contributed by atoms with E-state index in [9.17, 15) is 4.79 Å². The van der Waals surface area contributed by atoms with Gasteiger partial charge in [-0.2, -0.15) is 0 Å². The number of ether oxygens (including phenoxy) is 1. The van der Waals surface area contributed by atoms with Crippen LogP contribution in [-0.2, 0) is 11.8 Å². The lowest BCUT2D eigenvalue weighted by atomic mass is 10.1. The van der Waals surface area contributed by atoms with Gasteiger partial charge >= 0.3 is 0 Å². The van der Waals surface area contributed by atoms with Crippen molar-refractivity contribution in [3.05, 3.63) is 64.4 Å². The average Bonchev–Trinajstić information content (AvgIpc) is 3.01. The number of nitrogens with zero attached hydrogens (tertiary/aromatic N) is 3. The maximum absolute atomic E-state index is 12.3. The molecule has 1 amide bonds. The lowest BCUT2D eigenvalue weighted by molar-refractivity contribution is -0.113. The molecule has 0 saturated heterocycles. The molecule has 0 fully saturated rings. The van der Waals surface area contributed by atoms with E-state index >= 15 is 0 Å². The van der Waals surface area contributed by atoms with E-state index < -0.39 is 0 Å². The fraction of sp³-hybridized carbons (Fsp3) is 0.286. The van der Waals surface area contributed by atoms with Crippen molar-refractivity contribution in [2.75, 3.05) is 11.1 Å². The number of hydrogen-bond acceptors (Lipinski definition) is 5. The van der Waals surface area contributed by atoms with Crippen molar-refractivity contribution in [2.45, 2.75) is 32.0 Å². The summed E-state index contributed by atoms with van der Waals surface area (Å²) in [6.07, 6.45) is -0.342. The lowest BCUT2D eigenvalue weighted by Gasteiger charge is -2.15. The van der Waals surface area contributed by atoms with Crippen LogP contribution in [0.3, 0.4) is 0 Å². The number of para-hydroxylation sites is 1. The molecule has 8 heteroatoms. The number of hydrogen-bond donors (Lipinski definition) is 1. The van der Waals surface area contributed by atoms with Crippen LogP contribution in [0.1, 0.15) is 30.0 Å². The Bertz CT molecular complexity index is 1000. The zero-order chi connectivity index (χ0) is 21.0. The van der Waals surface area contributed by atoms with Crippen LogP contribution in [0.2, 0.25) is 5.02 Å². The molecule has 1 unspecified atom stereocenters. The standard InChI is InChI=1S/C21H23ClN4O2S/c1-13-9-14(2)11-16(10-13)23-19(27)12-29-21-25-24-20(26(21)4)15(3)28-18-8-6-5-7-17(18)22/h5-11,15H,12H2,1-4H3,(H,23,27). The van der Waals surface area contributed by atoms with Crippen molar-refractivity contribution in [2.24, 2.45) is 7.05 Å². The second-order valence-electron chi connectivity index (χ2n) is 6.80. The molecule has 2 aromatic carbocycles. The number of carbonyl (C=O) groups excluding carboxylic acids is 1. The van der Waals surface area contributed by atoms with Crippen molar-refractivity contribution < 1.29 is 9.53 Å². The predicted octanol–water partition coefficient (Wildman–Crippen LogP) is 4.96. The van der Waals surface area contributed by atoms with Gasteiger partial charge in [-0.1, -0.05) is 41.6 Å². The van der Waals surface area contributed by atoms with Gasteiger partial charge in [0.05, 0.1) is 10.8 Å². The van der Waals surface area contributed by atoms with Crippen LogP contribution in [-0.4, -0.2) is 26.4 Å². The highest BCUT2D eigenvalue weighted by Crippen LogP contribution is 2.29. The highest BCUT2D eigenvalue weighted by Gasteiger charge is 2.19. The van der Waals surface area contributed by atoms with Crippen LogP contribution in [0.4, 0.5) is 5.69 Å². The van der Waals surface area contributed by atoms with Crippen LogP contribution < -0.4 is 10.1 Å². The van der Waals surface area contributed by atoms with Gasteiger partial charge in [0.15, 0.2) is 17.1 Å². The Balaban J connectivity index is 1.60. The molecular weight excluding hydrogens is 408 g/mol. The Morgan fingerprint density at radius 3 is 2.59 bits per heavy atom. The topological polar surface area (TPSA) is 69.0 Å². The summed E-state index contributed by atoms with van der Waals surface area (Å²) in [5.74, 6) is 1.39. The smallest absolute Gasteiger partial charge is 0.234 e. The van der Waals surface area contributed by atoms with Crippen LogP contribution in [0, 0.1) is 13.8 Å². The first-order valence-corrected chi connectivity index (χ1v) is 10.5.